The summed E-state index contributed by atoms with van der Waals surface area (Å²) in [6.45, 7) is 3.96. The Morgan fingerprint density at radius 3 is 2.86 bits per heavy atom. The summed E-state index contributed by atoms with van der Waals surface area (Å²) in [7, 11) is 0. The number of rotatable bonds is 5. The van der Waals surface area contributed by atoms with E-state index in [2.05, 4.69) is 10.3 Å². The number of nitrogens with two attached hydrogens (primary N) is 1. The van der Waals surface area contributed by atoms with Gasteiger partial charge in [0, 0.05) is 25.7 Å². The van der Waals surface area contributed by atoms with Crippen LogP contribution in [0.3, 0.4) is 0 Å². The summed E-state index contributed by atoms with van der Waals surface area (Å²) < 4.78 is 5.91. The van der Waals surface area contributed by atoms with Crippen molar-refractivity contribution in [3.05, 3.63) is 24.3 Å². The smallest absolute Gasteiger partial charge is 0.299 e. The van der Waals surface area contributed by atoms with E-state index >= 15 is 0 Å². The molecule has 2 saturated heterocycles. The molecule has 3 heterocycles. The highest BCUT2D eigenvalue weighted by atomic mass is 16.4. The van der Waals surface area contributed by atoms with Crippen LogP contribution in [-0.4, -0.2) is 59.5 Å². The van der Waals surface area contributed by atoms with Gasteiger partial charge in [-0.1, -0.05) is 12.1 Å². The number of fused-ring (bicyclic) bond motifs is 1. The quantitative estimate of drug-likeness (QED) is 0.803. The standard InChI is InChI=1S/C20H27N5O3/c1-13(18(21)26)24-11-9-14(12-24)22-19(27)16-7-4-5-10-25(16)20-23-15-6-2-3-8-17(15)28-20/h2-3,6,8,13-14,16H,4-5,7,9-12H2,1H3,(H2,21,26)(H,22,27)/t13?,14-,16-/m0/s1. The Balaban J connectivity index is 1.44. The molecule has 0 bridgehead atoms. The molecule has 4 rings (SSSR count). The summed E-state index contributed by atoms with van der Waals surface area (Å²) in [4.78, 5) is 33.0. The van der Waals surface area contributed by atoms with E-state index in [1.165, 1.54) is 0 Å². The number of nitrogens with zero attached hydrogens (tertiary/aromatic N) is 3. The number of amides is 2. The van der Waals surface area contributed by atoms with Gasteiger partial charge in [-0.25, -0.2) is 0 Å². The summed E-state index contributed by atoms with van der Waals surface area (Å²) >= 11 is 0. The molecule has 2 aliphatic rings. The van der Waals surface area contributed by atoms with Crippen molar-refractivity contribution in [1.29, 1.82) is 0 Å². The second-order valence-corrected chi connectivity index (χ2v) is 7.74. The maximum atomic E-state index is 13.0. The van der Waals surface area contributed by atoms with Crippen molar-refractivity contribution in [3.8, 4) is 0 Å². The number of carbonyl (C=O) groups is 2. The Bertz CT molecular complexity index is 833. The van der Waals surface area contributed by atoms with Crippen LogP contribution in [0.25, 0.3) is 11.1 Å². The third-order valence-electron chi connectivity index (χ3n) is 5.86. The molecule has 3 atom stereocenters. The third kappa shape index (κ3) is 3.69. The fourth-order valence-corrected chi connectivity index (χ4v) is 4.15. The summed E-state index contributed by atoms with van der Waals surface area (Å²) in [5.74, 6) is -0.332. The SMILES string of the molecule is CC(C(N)=O)N1CC[C@H](NC(=O)[C@@H]2CCCCN2c2nc3ccccc3o2)C1. The number of oxazole rings is 1. The number of aromatic nitrogens is 1. The molecule has 150 valence electrons. The van der Waals surface area contributed by atoms with E-state index in [-0.39, 0.29) is 29.9 Å². The lowest BCUT2D eigenvalue weighted by Gasteiger charge is -2.34. The van der Waals surface area contributed by atoms with E-state index < -0.39 is 0 Å². The number of primary amides is 1. The summed E-state index contributed by atoms with van der Waals surface area (Å²) in [5, 5.41) is 3.16. The first-order valence-corrected chi connectivity index (χ1v) is 9.99. The van der Waals surface area contributed by atoms with Crippen molar-refractivity contribution in [2.75, 3.05) is 24.5 Å². The number of likely N-dealkylation sites (tertiary alicyclic amines) is 1. The van der Waals surface area contributed by atoms with Gasteiger partial charge in [-0.15, -0.1) is 0 Å². The average Bonchev–Trinajstić information content (AvgIpc) is 3.34. The van der Waals surface area contributed by atoms with Crippen molar-refractivity contribution in [1.82, 2.24) is 15.2 Å². The van der Waals surface area contributed by atoms with E-state index in [0.29, 0.717) is 12.6 Å². The van der Waals surface area contributed by atoms with Crippen molar-refractivity contribution in [2.24, 2.45) is 5.73 Å². The lowest BCUT2D eigenvalue weighted by atomic mass is 10.0. The van der Waals surface area contributed by atoms with Crippen LogP contribution in [0.2, 0.25) is 0 Å². The average molecular weight is 385 g/mol. The summed E-state index contributed by atoms with van der Waals surface area (Å²) in [5.41, 5.74) is 6.93. The number of nitrogens with one attached hydrogen (secondary N) is 1. The number of piperidine rings is 1. The van der Waals surface area contributed by atoms with Gasteiger partial charge < -0.3 is 20.4 Å². The lowest BCUT2D eigenvalue weighted by Crippen LogP contribution is -2.53. The second-order valence-electron chi connectivity index (χ2n) is 7.74. The molecule has 2 fully saturated rings. The topological polar surface area (TPSA) is 105 Å². The van der Waals surface area contributed by atoms with E-state index in [1.54, 1.807) is 0 Å². The highest BCUT2D eigenvalue weighted by Crippen LogP contribution is 2.28. The molecule has 0 spiro atoms. The Hall–Kier alpha value is -2.61. The summed E-state index contributed by atoms with van der Waals surface area (Å²) in [6.07, 6.45) is 3.61. The van der Waals surface area contributed by atoms with Crippen molar-refractivity contribution in [2.45, 2.75) is 50.7 Å². The number of hydrogen-bond donors (Lipinski definition) is 2. The number of hydrogen-bond acceptors (Lipinski definition) is 6. The van der Waals surface area contributed by atoms with Gasteiger partial charge >= 0.3 is 0 Å². The van der Waals surface area contributed by atoms with Crippen LogP contribution in [0.5, 0.6) is 0 Å². The van der Waals surface area contributed by atoms with Gasteiger partial charge in [0.05, 0.1) is 6.04 Å². The van der Waals surface area contributed by atoms with Crippen LogP contribution in [-0.2, 0) is 9.59 Å². The zero-order valence-electron chi connectivity index (χ0n) is 16.1. The normalized spacial score (nSPS) is 24.4. The van der Waals surface area contributed by atoms with E-state index in [9.17, 15) is 9.59 Å². The molecule has 1 unspecified atom stereocenters. The van der Waals surface area contributed by atoms with Gasteiger partial charge in [-0.3, -0.25) is 14.5 Å². The fraction of sp³-hybridized carbons (Fsp3) is 0.550. The Kier molecular flexibility index (Phi) is 5.21. The van der Waals surface area contributed by atoms with Crippen LogP contribution in [0, 0.1) is 0 Å². The van der Waals surface area contributed by atoms with Gasteiger partial charge in [-0.05, 0) is 44.7 Å². The maximum Gasteiger partial charge on any atom is 0.299 e. The number of carbonyl (C=O) groups excluding carboxylic acids is 2. The molecule has 2 aromatic rings. The predicted octanol–water partition coefficient (Wildman–Crippen LogP) is 1.25. The molecule has 8 nitrogen and oxygen atoms in total. The van der Waals surface area contributed by atoms with Crippen molar-refractivity contribution < 1.29 is 14.0 Å². The lowest BCUT2D eigenvalue weighted by molar-refractivity contribution is -0.123. The molecule has 3 N–H and O–H groups in total. The first kappa shape index (κ1) is 18.7. The maximum absolute atomic E-state index is 13.0. The summed E-state index contributed by atoms with van der Waals surface area (Å²) in [6, 6.07) is 7.58. The first-order valence-electron chi connectivity index (χ1n) is 9.99. The molecule has 1 aromatic carbocycles. The molecule has 8 heteroatoms. The Morgan fingerprint density at radius 2 is 2.07 bits per heavy atom. The van der Waals surface area contributed by atoms with E-state index in [1.807, 2.05) is 41.0 Å². The van der Waals surface area contributed by atoms with E-state index in [0.717, 1.165) is 49.9 Å². The molecule has 0 radical (unpaired) electrons. The molecule has 28 heavy (non-hydrogen) atoms. The number of para-hydroxylation sites is 2. The van der Waals surface area contributed by atoms with Gasteiger partial charge in [-0.2, -0.15) is 4.98 Å². The van der Waals surface area contributed by atoms with Gasteiger partial charge in [0.15, 0.2) is 5.58 Å². The zero-order chi connectivity index (χ0) is 19.7. The molecule has 2 aliphatic heterocycles. The molecule has 2 amide bonds. The minimum atomic E-state index is -0.332. The first-order chi connectivity index (χ1) is 13.5. The van der Waals surface area contributed by atoms with Gasteiger partial charge in [0.1, 0.15) is 11.6 Å². The van der Waals surface area contributed by atoms with Gasteiger partial charge in [0.25, 0.3) is 6.01 Å². The molecular formula is C20H27N5O3. The molecule has 0 saturated carbocycles. The minimum Gasteiger partial charge on any atom is -0.423 e. The predicted molar refractivity (Wildman–Crippen MR) is 106 cm³/mol. The third-order valence-corrected chi connectivity index (χ3v) is 5.86. The Morgan fingerprint density at radius 1 is 1.25 bits per heavy atom. The van der Waals surface area contributed by atoms with Crippen LogP contribution in [0.1, 0.15) is 32.6 Å². The van der Waals surface area contributed by atoms with Crippen LogP contribution in [0.4, 0.5) is 6.01 Å². The highest BCUT2D eigenvalue weighted by Gasteiger charge is 2.35. The highest BCUT2D eigenvalue weighted by molar-refractivity contribution is 5.86. The molecular weight excluding hydrogens is 358 g/mol. The van der Waals surface area contributed by atoms with Crippen LogP contribution in [0.15, 0.2) is 28.7 Å². The molecule has 1 aromatic heterocycles. The molecule has 0 aliphatic carbocycles. The van der Waals surface area contributed by atoms with Crippen molar-refractivity contribution >= 4 is 28.9 Å². The number of anilines is 1. The van der Waals surface area contributed by atoms with Gasteiger partial charge in [0.2, 0.25) is 11.8 Å². The monoisotopic (exact) mass is 385 g/mol. The largest absolute Gasteiger partial charge is 0.423 e. The number of benzene rings is 1. The zero-order valence-corrected chi connectivity index (χ0v) is 16.1. The fourth-order valence-electron chi connectivity index (χ4n) is 4.15. The van der Waals surface area contributed by atoms with Crippen molar-refractivity contribution in [3.63, 3.8) is 0 Å². The van der Waals surface area contributed by atoms with Crippen LogP contribution < -0.4 is 16.0 Å². The second kappa shape index (κ2) is 7.79. The van der Waals surface area contributed by atoms with E-state index in [4.69, 9.17) is 10.2 Å². The Labute approximate surface area is 164 Å². The minimum absolute atomic E-state index is 0.000495. The van der Waals surface area contributed by atoms with Crippen LogP contribution >= 0.6 is 0 Å².